The molecule has 0 bridgehead atoms. The lowest BCUT2D eigenvalue weighted by Crippen LogP contribution is -2.52. The third-order valence-corrected chi connectivity index (χ3v) is 4.44. The molecule has 1 aliphatic rings. The molecule has 0 radical (unpaired) electrons. The molecule has 2 aromatic carbocycles. The summed E-state index contributed by atoms with van der Waals surface area (Å²) in [6, 6.07) is 14.8. The van der Waals surface area contributed by atoms with Gasteiger partial charge in [0.1, 0.15) is 6.04 Å². The Labute approximate surface area is 147 Å². The standard InChI is InChI=1S/C20H23N3O2/c1-13-6-5-9-17(10-13)23-19(24)14(2)22-20(25)18-11-15-7-3-4-8-16(15)12-21-18/h3-10,14,18,21H,11-12H2,1-2H3,(H,22,25)(H,23,24). The normalized spacial score (nSPS) is 17.3. The summed E-state index contributed by atoms with van der Waals surface area (Å²) in [6.07, 6.45) is 0.633. The maximum atomic E-state index is 12.5. The Balaban J connectivity index is 1.56. The lowest BCUT2D eigenvalue weighted by atomic mass is 9.95. The van der Waals surface area contributed by atoms with Crippen molar-refractivity contribution in [3.8, 4) is 0 Å². The Morgan fingerprint density at radius 3 is 2.64 bits per heavy atom. The molecule has 3 N–H and O–H groups in total. The van der Waals surface area contributed by atoms with Gasteiger partial charge in [-0.1, -0.05) is 36.4 Å². The van der Waals surface area contributed by atoms with Crippen molar-refractivity contribution in [2.75, 3.05) is 5.32 Å². The van der Waals surface area contributed by atoms with Crippen LogP contribution in [0.15, 0.2) is 48.5 Å². The number of rotatable bonds is 4. The number of aryl methyl sites for hydroxylation is 1. The Morgan fingerprint density at radius 1 is 1.12 bits per heavy atom. The van der Waals surface area contributed by atoms with E-state index in [1.807, 2.05) is 49.4 Å². The van der Waals surface area contributed by atoms with Crippen LogP contribution < -0.4 is 16.0 Å². The molecule has 3 rings (SSSR count). The summed E-state index contributed by atoms with van der Waals surface area (Å²) in [5, 5.41) is 8.87. The molecule has 0 fully saturated rings. The first kappa shape index (κ1) is 17.2. The van der Waals surface area contributed by atoms with Crippen LogP contribution in [0.1, 0.15) is 23.6 Å². The second kappa shape index (κ2) is 7.49. The maximum Gasteiger partial charge on any atom is 0.246 e. The van der Waals surface area contributed by atoms with Crippen LogP contribution in [0.2, 0.25) is 0 Å². The summed E-state index contributed by atoms with van der Waals surface area (Å²) in [5.74, 6) is -0.378. The van der Waals surface area contributed by atoms with Crippen molar-refractivity contribution in [1.82, 2.24) is 10.6 Å². The van der Waals surface area contributed by atoms with Crippen molar-refractivity contribution in [1.29, 1.82) is 0 Å². The molecule has 5 nitrogen and oxygen atoms in total. The number of benzene rings is 2. The Morgan fingerprint density at radius 2 is 1.88 bits per heavy atom. The first-order valence-corrected chi connectivity index (χ1v) is 8.51. The number of nitrogens with one attached hydrogen (secondary N) is 3. The number of hydrogen-bond donors (Lipinski definition) is 3. The van der Waals surface area contributed by atoms with Crippen LogP contribution >= 0.6 is 0 Å². The van der Waals surface area contributed by atoms with Crippen molar-refractivity contribution in [3.05, 3.63) is 65.2 Å². The highest BCUT2D eigenvalue weighted by molar-refractivity contribution is 5.97. The summed E-state index contributed by atoms with van der Waals surface area (Å²) in [5.41, 5.74) is 4.20. The molecule has 1 aliphatic heterocycles. The first-order chi connectivity index (χ1) is 12.0. The van der Waals surface area contributed by atoms with Gasteiger partial charge in [0, 0.05) is 12.2 Å². The average Bonchev–Trinajstić information content (AvgIpc) is 2.61. The van der Waals surface area contributed by atoms with Crippen LogP contribution in [0.25, 0.3) is 0 Å². The molecule has 2 atom stereocenters. The number of anilines is 1. The van der Waals surface area contributed by atoms with Crippen molar-refractivity contribution in [3.63, 3.8) is 0 Å². The molecule has 0 aliphatic carbocycles. The van der Waals surface area contributed by atoms with Gasteiger partial charge in [-0.05, 0) is 49.1 Å². The van der Waals surface area contributed by atoms with E-state index in [0.29, 0.717) is 13.0 Å². The van der Waals surface area contributed by atoms with Crippen LogP contribution in [-0.4, -0.2) is 23.9 Å². The zero-order valence-electron chi connectivity index (χ0n) is 14.5. The smallest absolute Gasteiger partial charge is 0.246 e. The van der Waals surface area contributed by atoms with Crippen LogP contribution in [0.3, 0.4) is 0 Å². The van der Waals surface area contributed by atoms with Gasteiger partial charge in [0.05, 0.1) is 6.04 Å². The molecule has 130 valence electrons. The number of carbonyl (C=O) groups is 2. The van der Waals surface area contributed by atoms with E-state index in [-0.39, 0.29) is 17.9 Å². The predicted molar refractivity (Wildman–Crippen MR) is 98.2 cm³/mol. The van der Waals surface area contributed by atoms with E-state index < -0.39 is 6.04 Å². The van der Waals surface area contributed by atoms with Crippen molar-refractivity contribution in [2.45, 2.75) is 38.9 Å². The highest BCUT2D eigenvalue weighted by Gasteiger charge is 2.26. The quantitative estimate of drug-likeness (QED) is 0.801. The highest BCUT2D eigenvalue weighted by Crippen LogP contribution is 2.16. The summed E-state index contributed by atoms with van der Waals surface area (Å²) >= 11 is 0. The molecule has 25 heavy (non-hydrogen) atoms. The van der Waals surface area contributed by atoms with E-state index >= 15 is 0 Å². The van der Waals surface area contributed by atoms with Gasteiger partial charge in [-0.3, -0.25) is 9.59 Å². The Bertz CT molecular complexity index is 788. The summed E-state index contributed by atoms with van der Waals surface area (Å²) in [4.78, 5) is 24.8. The zero-order valence-corrected chi connectivity index (χ0v) is 14.5. The monoisotopic (exact) mass is 337 g/mol. The van der Waals surface area contributed by atoms with Gasteiger partial charge in [0.15, 0.2) is 0 Å². The third-order valence-electron chi connectivity index (χ3n) is 4.44. The molecular formula is C20H23N3O2. The van der Waals surface area contributed by atoms with Gasteiger partial charge in [-0.2, -0.15) is 0 Å². The maximum absolute atomic E-state index is 12.5. The Hall–Kier alpha value is -2.66. The number of carbonyl (C=O) groups excluding carboxylic acids is 2. The molecule has 1 heterocycles. The second-order valence-corrected chi connectivity index (χ2v) is 6.50. The summed E-state index contributed by atoms with van der Waals surface area (Å²) in [6.45, 7) is 4.32. The van der Waals surface area contributed by atoms with Crippen LogP contribution in [0.5, 0.6) is 0 Å². The lowest BCUT2D eigenvalue weighted by molar-refractivity contribution is -0.127. The number of amides is 2. The lowest BCUT2D eigenvalue weighted by Gasteiger charge is -2.26. The van der Waals surface area contributed by atoms with Gasteiger partial charge in [0.2, 0.25) is 11.8 Å². The average molecular weight is 337 g/mol. The molecule has 2 amide bonds. The second-order valence-electron chi connectivity index (χ2n) is 6.50. The molecule has 5 heteroatoms. The summed E-state index contributed by atoms with van der Waals surface area (Å²) < 4.78 is 0. The molecular weight excluding hydrogens is 314 g/mol. The molecule has 0 saturated carbocycles. The zero-order chi connectivity index (χ0) is 17.8. The first-order valence-electron chi connectivity index (χ1n) is 8.51. The highest BCUT2D eigenvalue weighted by atomic mass is 16.2. The number of hydrogen-bond acceptors (Lipinski definition) is 3. The predicted octanol–water partition coefficient (Wildman–Crippen LogP) is 2.15. The minimum atomic E-state index is -0.605. The largest absolute Gasteiger partial charge is 0.343 e. The molecule has 0 aromatic heterocycles. The fourth-order valence-corrected chi connectivity index (χ4v) is 2.99. The fourth-order valence-electron chi connectivity index (χ4n) is 2.99. The summed E-state index contributed by atoms with van der Waals surface area (Å²) in [7, 11) is 0. The Kier molecular flexibility index (Phi) is 5.14. The third kappa shape index (κ3) is 4.25. The van der Waals surface area contributed by atoms with Gasteiger partial charge in [-0.15, -0.1) is 0 Å². The van der Waals surface area contributed by atoms with E-state index in [9.17, 15) is 9.59 Å². The minimum absolute atomic E-state index is 0.151. The molecule has 0 spiro atoms. The van der Waals surface area contributed by atoms with Gasteiger partial charge in [-0.25, -0.2) is 0 Å². The van der Waals surface area contributed by atoms with Gasteiger partial charge < -0.3 is 16.0 Å². The van der Waals surface area contributed by atoms with Gasteiger partial charge in [0.25, 0.3) is 0 Å². The van der Waals surface area contributed by atoms with E-state index in [1.54, 1.807) is 6.92 Å². The molecule has 2 aromatic rings. The fraction of sp³-hybridized carbons (Fsp3) is 0.300. The van der Waals surface area contributed by atoms with Crippen LogP contribution in [0, 0.1) is 6.92 Å². The van der Waals surface area contributed by atoms with E-state index in [0.717, 1.165) is 11.3 Å². The number of fused-ring (bicyclic) bond motifs is 1. The molecule has 0 saturated heterocycles. The van der Waals surface area contributed by atoms with E-state index in [4.69, 9.17) is 0 Å². The van der Waals surface area contributed by atoms with Crippen molar-refractivity contribution >= 4 is 17.5 Å². The van der Waals surface area contributed by atoms with Gasteiger partial charge >= 0.3 is 0 Å². The van der Waals surface area contributed by atoms with Crippen molar-refractivity contribution < 1.29 is 9.59 Å². The topological polar surface area (TPSA) is 70.2 Å². The van der Waals surface area contributed by atoms with E-state index in [2.05, 4.69) is 22.0 Å². The molecule has 2 unspecified atom stereocenters. The minimum Gasteiger partial charge on any atom is -0.343 e. The van der Waals surface area contributed by atoms with Crippen LogP contribution in [0.4, 0.5) is 5.69 Å². The van der Waals surface area contributed by atoms with Crippen molar-refractivity contribution in [2.24, 2.45) is 0 Å². The van der Waals surface area contributed by atoms with E-state index in [1.165, 1.54) is 11.1 Å². The van der Waals surface area contributed by atoms with Crippen LogP contribution in [-0.2, 0) is 22.6 Å². The SMILES string of the molecule is Cc1cccc(NC(=O)C(C)NC(=O)C2Cc3ccccc3CN2)c1.